The molecule has 0 saturated heterocycles. The van der Waals surface area contributed by atoms with Crippen LogP contribution in [0.15, 0.2) is 30.5 Å². The summed E-state index contributed by atoms with van der Waals surface area (Å²) in [6.07, 6.45) is 1.64. The van der Waals surface area contributed by atoms with Gasteiger partial charge in [-0.3, -0.25) is 4.79 Å². The van der Waals surface area contributed by atoms with Gasteiger partial charge in [0.25, 0.3) is 5.91 Å². The number of halogens is 1. The Hall–Kier alpha value is -1.85. The van der Waals surface area contributed by atoms with E-state index in [0.717, 1.165) is 17.9 Å². The molecule has 0 unspecified atom stereocenters. The number of aromatic nitrogens is 2. The molecule has 24 heavy (non-hydrogen) atoms. The van der Waals surface area contributed by atoms with E-state index in [0.29, 0.717) is 17.1 Å². The van der Waals surface area contributed by atoms with Crippen LogP contribution in [0.3, 0.4) is 0 Å². The fraction of sp³-hybridized carbons (Fsp3) is 0.444. The molecule has 0 fully saturated rings. The van der Waals surface area contributed by atoms with Crippen molar-refractivity contribution in [1.29, 1.82) is 0 Å². The summed E-state index contributed by atoms with van der Waals surface area (Å²) in [6.45, 7) is 9.66. The van der Waals surface area contributed by atoms with Crippen LogP contribution in [0, 0.1) is 0 Å². The summed E-state index contributed by atoms with van der Waals surface area (Å²) < 4.78 is 1.81. The average molecular weight is 349 g/mol. The molecule has 1 amide bonds. The second-order valence-corrected chi connectivity index (χ2v) is 6.59. The van der Waals surface area contributed by atoms with Gasteiger partial charge in [0.2, 0.25) is 0 Å². The molecule has 130 valence electrons. The van der Waals surface area contributed by atoms with E-state index in [4.69, 9.17) is 11.6 Å². The number of carbonyl (C=O) groups is 1. The zero-order valence-corrected chi connectivity index (χ0v) is 15.4. The van der Waals surface area contributed by atoms with Crippen molar-refractivity contribution >= 4 is 17.5 Å². The van der Waals surface area contributed by atoms with E-state index >= 15 is 0 Å². The number of benzene rings is 1. The van der Waals surface area contributed by atoms with Crippen molar-refractivity contribution in [3.8, 4) is 5.69 Å². The molecule has 0 bridgehead atoms. The van der Waals surface area contributed by atoms with Gasteiger partial charge in [0, 0.05) is 17.6 Å². The molecule has 1 heterocycles. The van der Waals surface area contributed by atoms with Crippen LogP contribution < -0.4 is 10.6 Å². The molecule has 0 aliphatic carbocycles. The van der Waals surface area contributed by atoms with Gasteiger partial charge in [-0.25, -0.2) is 4.68 Å². The van der Waals surface area contributed by atoms with Gasteiger partial charge in [-0.1, -0.05) is 32.4 Å². The third kappa shape index (κ3) is 4.36. The van der Waals surface area contributed by atoms with Crippen LogP contribution >= 0.6 is 11.6 Å². The Labute approximate surface area is 148 Å². The van der Waals surface area contributed by atoms with E-state index in [-0.39, 0.29) is 17.9 Å². The molecule has 1 aromatic heterocycles. The molecule has 2 aromatic rings. The number of hydrogen-bond acceptors (Lipinski definition) is 3. The van der Waals surface area contributed by atoms with Crippen molar-refractivity contribution in [3.05, 3.63) is 46.7 Å². The summed E-state index contributed by atoms with van der Waals surface area (Å²) >= 11 is 5.95. The maximum Gasteiger partial charge on any atom is 0.254 e. The van der Waals surface area contributed by atoms with Crippen molar-refractivity contribution in [2.75, 3.05) is 13.1 Å². The summed E-state index contributed by atoms with van der Waals surface area (Å²) in [6, 6.07) is 7.67. The zero-order valence-electron chi connectivity index (χ0n) is 14.6. The Balaban J connectivity index is 2.25. The number of hydrogen-bond donors (Lipinski definition) is 2. The van der Waals surface area contributed by atoms with Gasteiger partial charge in [0.1, 0.15) is 0 Å². The summed E-state index contributed by atoms with van der Waals surface area (Å²) in [5.41, 5.74) is 2.40. The van der Waals surface area contributed by atoms with Gasteiger partial charge in [0.15, 0.2) is 0 Å². The van der Waals surface area contributed by atoms with Crippen molar-refractivity contribution in [1.82, 2.24) is 20.4 Å². The van der Waals surface area contributed by atoms with Gasteiger partial charge < -0.3 is 10.6 Å². The van der Waals surface area contributed by atoms with Crippen molar-refractivity contribution in [3.63, 3.8) is 0 Å². The van der Waals surface area contributed by atoms with E-state index in [9.17, 15) is 4.79 Å². The number of nitrogens with zero attached hydrogens (tertiary/aromatic N) is 2. The Morgan fingerprint density at radius 3 is 2.50 bits per heavy atom. The van der Waals surface area contributed by atoms with Gasteiger partial charge in [-0.05, 0) is 43.7 Å². The number of likely N-dealkylation sites (N-methyl/N-ethyl adjacent to an activating group) is 1. The standard InChI is InChI=1S/C18H25ClN4O/c1-5-20-13(4)10-21-18(24)16-11-22-23(17(16)12(2)3)15-8-6-14(19)7-9-15/h6-9,11-13,20H,5,10H2,1-4H3,(H,21,24)/t13-/m1/s1. The fourth-order valence-electron chi connectivity index (χ4n) is 2.64. The third-order valence-corrected chi connectivity index (χ3v) is 4.04. The minimum absolute atomic E-state index is 0.0938. The smallest absolute Gasteiger partial charge is 0.254 e. The molecule has 0 radical (unpaired) electrons. The molecule has 1 atom stereocenters. The molecule has 0 saturated carbocycles. The highest BCUT2D eigenvalue weighted by Gasteiger charge is 2.21. The lowest BCUT2D eigenvalue weighted by Crippen LogP contribution is -2.39. The Morgan fingerprint density at radius 2 is 1.92 bits per heavy atom. The van der Waals surface area contributed by atoms with Gasteiger partial charge in [-0.15, -0.1) is 0 Å². The number of carbonyl (C=O) groups excluding carboxylic acids is 1. The summed E-state index contributed by atoms with van der Waals surface area (Å²) in [5.74, 6) is 0.0683. The Kier molecular flexibility index (Phi) is 6.40. The Morgan fingerprint density at radius 1 is 1.25 bits per heavy atom. The third-order valence-electron chi connectivity index (χ3n) is 3.79. The first-order chi connectivity index (χ1) is 11.4. The van der Waals surface area contributed by atoms with Gasteiger partial charge >= 0.3 is 0 Å². The Bertz CT molecular complexity index is 679. The van der Waals surface area contributed by atoms with Crippen molar-refractivity contribution in [2.45, 2.75) is 39.7 Å². The minimum Gasteiger partial charge on any atom is -0.350 e. The summed E-state index contributed by atoms with van der Waals surface area (Å²) in [5, 5.41) is 11.3. The van der Waals surface area contributed by atoms with E-state index in [2.05, 4.69) is 29.6 Å². The van der Waals surface area contributed by atoms with E-state index in [1.54, 1.807) is 6.20 Å². The molecule has 0 aliphatic heterocycles. The van der Waals surface area contributed by atoms with E-state index in [1.165, 1.54) is 0 Å². The SMILES string of the molecule is CCN[C@H](C)CNC(=O)c1cnn(-c2ccc(Cl)cc2)c1C(C)C. The van der Waals surface area contributed by atoms with Crippen LogP contribution in [-0.4, -0.2) is 34.8 Å². The quantitative estimate of drug-likeness (QED) is 0.806. The number of nitrogens with one attached hydrogen (secondary N) is 2. The second-order valence-electron chi connectivity index (χ2n) is 6.16. The molecular weight excluding hydrogens is 324 g/mol. The molecular formula is C18H25ClN4O. The highest BCUT2D eigenvalue weighted by atomic mass is 35.5. The molecule has 1 aromatic carbocycles. The molecule has 6 heteroatoms. The van der Waals surface area contributed by atoms with Crippen LogP contribution in [0.1, 0.15) is 49.7 Å². The highest BCUT2D eigenvalue weighted by Crippen LogP contribution is 2.23. The predicted molar refractivity (Wildman–Crippen MR) is 98.1 cm³/mol. The van der Waals surface area contributed by atoms with Crippen LogP contribution in [0.2, 0.25) is 5.02 Å². The maximum absolute atomic E-state index is 12.6. The van der Waals surface area contributed by atoms with Crippen LogP contribution in [0.5, 0.6) is 0 Å². The first-order valence-corrected chi connectivity index (χ1v) is 8.67. The van der Waals surface area contributed by atoms with Gasteiger partial charge in [0.05, 0.1) is 23.1 Å². The molecule has 2 N–H and O–H groups in total. The normalized spacial score (nSPS) is 12.4. The average Bonchev–Trinajstić information content (AvgIpc) is 2.99. The predicted octanol–water partition coefficient (Wildman–Crippen LogP) is 3.38. The largest absolute Gasteiger partial charge is 0.350 e. The molecule has 2 rings (SSSR count). The second kappa shape index (κ2) is 8.31. The summed E-state index contributed by atoms with van der Waals surface area (Å²) in [7, 11) is 0. The topological polar surface area (TPSA) is 58.9 Å². The van der Waals surface area contributed by atoms with Crippen LogP contribution in [0.4, 0.5) is 0 Å². The number of amides is 1. The van der Waals surface area contributed by atoms with Gasteiger partial charge in [-0.2, -0.15) is 5.10 Å². The van der Waals surface area contributed by atoms with Crippen LogP contribution in [0.25, 0.3) is 5.69 Å². The van der Waals surface area contributed by atoms with E-state index < -0.39 is 0 Å². The molecule has 0 aliphatic rings. The maximum atomic E-state index is 12.6. The minimum atomic E-state index is -0.0938. The molecule has 5 nitrogen and oxygen atoms in total. The zero-order chi connectivity index (χ0) is 17.7. The van der Waals surface area contributed by atoms with Crippen LogP contribution in [-0.2, 0) is 0 Å². The monoisotopic (exact) mass is 348 g/mol. The summed E-state index contributed by atoms with van der Waals surface area (Å²) in [4.78, 5) is 12.6. The van der Waals surface area contributed by atoms with Crippen molar-refractivity contribution < 1.29 is 4.79 Å². The lowest BCUT2D eigenvalue weighted by Gasteiger charge is -2.15. The number of rotatable bonds is 7. The lowest BCUT2D eigenvalue weighted by atomic mass is 10.0. The van der Waals surface area contributed by atoms with E-state index in [1.807, 2.05) is 42.8 Å². The van der Waals surface area contributed by atoms with Crippen molar-refractivity contribution in [2.24, 2.45) is 0 Å². The highest BCUT2D eigenvalue weighted by molar-refractivity contribution is 6.30. The molecule has 0 spiro atoms. The first-order valence-electron chi connectivity index (χ1n) is 8.29. The first kappa shape index (κ1) is 18.5. The lowest BCUT2D eigenvalue weighted by molar-refractivity contribution is 0.0949. The fourth-order valence-corrected chi connectivity index (χ4v) is 2.76.